The number of para-hydroxylation sites is 1. The van der Waals surface area contributed by atoms with Crippen LogP contribution in [-0.2, 0) is 16.1 Å². The van der Waals surface area contributed by atoms with Crippen LogP contribution in [0.1, 0.15) is 6.92 Å². The predicted molar refractivity (Wildman–Crippen MR) is 110 cm³/mol. The van der Waals surface area contributed by atoms with Gasteiger partial charge in [0.25, 0.3) is 5.56 Å². The Kier molecular flexibility index (Phi) is 6.03. The highest BCUT2D eigenvalue weighted by Crippen LogP contribution is 2.27. The van der Waals surface area contributed by atoms with Crippen LogP contribution in [0.15, 0.2) is 65.5 Å². The van der Waals surface area contributed by atoms with E-state index in [1.54, 1.807) is 43.5 Å². The van der Waals surface area contributed by atoms with Crippen LogP contribution in [0.2, 0.25) is 0 Å². The number of hydrogen-bond donors (Lipinski definition) is 2. The zero-order valence-corrected chi connectivity index (χ0v) is 16.0. The Balaban J connectivity index is 1.79. The third-order valence-corrected chi connectivity index (χ3v) is 4.01. The van der Waals surface area contributed by atoms with Crippen LogP contribution in [0.4, 0.5) is 11.4 Å². The molecular formula is C21H20N4O4. The van der Waals surface area contributed by atoms with Crippen LogP contribution >= 0.6 is 0 Å². The Hall–Kier alpha value is -3.94. The minimum Gasteiger partial charge on any atom is -0.496 e. The predicted octanol–water partition coefficient (Wildman–Crippen LogP) is 2.52. The van der Waals surface area contributed by atoms with Crippen molar-refractivity contribution in [1.29, 1.82) is 0 Å². The molecule has 1 aromatic heterocycles. The fourth-order valence-electron chi connectivity index (χ4n) is 2.78. The number of rotatable bonds is 6. The molecule has 3 rings (SSSR count). The van der Waals surface area contributed by atoms with Crippen LogP contribution < -0.4 is 20.9 Å². The third-order valence-electron chi connectivity index (χ3n) is 4.01. The lowest BCUT2D eigenvalue weighted by Crippen LogP contribution is -2.29. The first-order valence-electron chi connectivity index (χ1n) is 8.85. The Morgan fingerprint density at radius 2 is 1.72 bits per heavy atom. The number of nitrogens with one attached hydrogen (secondary N) is 2. The third kappa shape index (κ3) is 5.07. The molecule has 0 bridgehead atoms. The normalized spacial score (nSPS) is 10.3. The van der Waals surface area contributed by atoms with E-state index in [1.807, 2.05) is 18.2 Å². The average molecular weight is 392 g/mol. The Morgan fingerprint density at radius 1 is 1.00 bits per heavy atom. The van der Waals surface area contributed by atoms with E-state index < -0.39 is 11.5 Å². The molecule has 8 nitrogen and oxygen atoms in total. The molecule has 1 heterocycles. The molecule has 0 saturated heterocycles. The fraction of sp³-hybridized carbons (Fsp3) is 0.143. The van der Waals surface area contributed by atoms with Crippen molar-refractivity contribution in [2.45, 2.75) is 13.5 Å². The highest BCUT2D eigenvalue weighted by molar-refractivity contribution is 5.93. The average Bonchev–Trinajstić information content (AvgIpc) is 2.69. The van der Waals surface area contributed by atoms with Crippen LogP contribution in [0.25, 0.3) is 11.3 Å². The summed E-state index contributed by atoms with van der Waals surface area (Å²) in [6, 6.07) is 17.0. The van der Waals surface area contributed by atoms with Gasteiger partial charge in [-0.3, -0.25) is 14.4 Å². The highest BCUT2D eigenvalue weighted by atomic mass is 16.5. The van der Waals surface area contributed by atoms with Gasteiger partial charge >= 0.3 is 0 Å². The van der Waals surface area contributed by atoms with E-state index in [4.69, 9.17) is 4.74 Å². The van der Waals surface area contributed by atoms with Gasteiger partial charge in [0.05, 0.1) is 12.8 Å². The summed E-state index contributed by atoms with van der Waals surface area (Å²) >= 11 is 0. The standard InChI is InChI=1S/C21H20N4O4/c1-14(26)22-15-6-5-7-16(12-15)23-20(27)13-25-21(28)11-10-18(24-25)17-8-3-4-9-19(17)29-2/h3-12H,13H2,1-2H3,(H,22,26)(H,23,27). The van der Waals surface area contributed by atoms with E-state index in [0.29, 0.717) is 28.4 Å². The van der Waals surface area contributed by atoms with Crippen molar-refractivity contribution in [3.63, 3.8) is 0 Å². The molecule has 8 heteroatoms. The Labute approximate surface area is 167 Å². The molecule has 0 atom stereocenters. The van der Waals surface area contributed by atoms with Gasteiger partial charge in [-0.15, -0.1) is 0 Å². The molecule has 2 amide bonds. The van der Waals surface area contributed by atoms with Crippen LogP contribution in [0.3, 0.4) is 0 Å². The van der Waals surface area contributed by atoms with Crippen LogP contribution in [0, 0.1) is 0 Å². The minimum atomic E-state index is -0.420. The summed E-state index contributed by atoms with van der Waals surface area (Å²) in [4.78, 5) is 35.7. The number of hydrogen-bond acceptors (Lipinski definition) is 5. The SMILES string of the molecule is COc1ccccc1-c1ccc(=O)n(CC(=O)Nc2cccc(NC(C)=O)c2)n1. The molecule has 29 heavy (non-hydrogen) atoms. The molecule has 0 fully saturated rings. The van der Waals surface area contributed by atoms with Gasteiger partial charge in [-0.1, -0.05) is 18.2 Å². The van der Waals surface area contributed by atoms with E-state index in [2.05, 4.69) is 15.7 Å². The highest BCUT2D eigenvalue weighted by Gasteiger charge is 2.11. The number of methoxy groups -OCH3 is 1. The van der Waals surface area contributed by atoms with Gasteiger partial charge in [0.2, 0.25) is 11.8 Å². The maximum Gasteiger partial charge on any atom is 0.267 e. The first-order valence-corrected chi connectivity index (χ1v) is 8.85. The molecule has 0 aliphatic heterocycles. The van der Waals surface area contributed by atoms with E-state index >= 15 is 0 Å². The number of anilines is 2. The fourth-order valence-corrected chi connectivity index (χ4v) is 2.78. The molecule has 0 aliphatic carbocycles. The molecule has 0 saturated carbocycles. The quantitative estimate of drug-likeness (QED) is 0.671. The number of amides is 2. The van der Waals surface area contributed by atoms with Crippen LogP contribution in [-0.4, -0.2) is 28.7 Å². The van der Waals surface area contributed by atoms with Gasteiger partial charge in [0.1, 0.15) is 12.3 Å². The Bertz CT molecular complexity index is 1110. The van der Waals surface area contributed by atoms with Crippen molar-refractivity contribution in [1.82, 2.24) is 9.78 Å². The summed E-state index contributed by atoms with van der Waals surface area (Å²) in [6.45, 7) is 1.14. The molecule has 2 N–H and O–H groups in total. The van der Waals surface area contributed by atoms with E-state index in [1.165, 1.54) is 13.0 Å². The van der Waals surface area contributed by atoms with Crippen molar-refractivity contribution < 1.29 is 14.3 Å². The monoisotopic (exact) mass is 392 g/mol. The summed E-state index contributed by atoms with van der Waals surface area (Å²) in [5, 5.41) is 9.64. The second kappa shape index (κ2) is 8.83. The lowest BCUT2D eigenvalue weighted by molar-refractivity contribution is -0.117. The summed E-state index contributed by atoms with van der Waals surface area (Å²) in [7, 11) is 1.55. The maximum absolute atomic E-state index is 12.4. The van der Waals surface area contributed by atoms with Gasteiger partial charge < -0.3 is 15.4 Å². The maximum atomic E-state index is 12.4. The molecular weight excluding hydrogens is 372 g/mol. The van der Waals surface area contributed by atoms with Crippen molar-refractivity contribution in [3.05, 3.63) is 71.0 Å². The number of benzene rings is 2. The number of ether oxygens (including phenoxy) is 1. The number of carbonyl (C=O) groups excluding carboxylic acids is 2. The largest absolute Gasteiger partial charge is 0.496 e. The minimum absolute atomic E-state index is 0.211. The molecule has 2 aromatic carbocycles. The molecule has 3 aromatic rings. The van der Waals surface area contributed by atoms with E-state index in [9.17, 15) is 14.4 Å². The van der Waals surface area contributed by atoms with Crippen molar-refractivity contribution in [2.24, 2.45) is 0 Å². The topological polar surface area (TPSA) is 102 Å². The molecule has 0 spiro atoms. The molecule has 0 aliphatic rings. The number of carbonyl (C=O) groups is 2. The molecule has 0 unspecified atom stereocenters. The number of aromatic nitrogens is 2. The van der Waals surface area contributed by atoms with Gasteiger partial charge in [-0.25, -0.2) is 4.68 Å². The summed E-state index contributed by atoms with van der Waals surface area (Å²) in [5.41, 5.74) is 1.89. The van der Waals surface area contributed by atoms with E-state index in [-0.39, 0.29) is 12.5 Å². The van der Waals surface area contributed by atoms with Crippen molar-refractivity contribution in [3.8, 4) is 17.0 Å². The second-order valence-electron chi connectivity index (χ2n) is 6.22. The zero-order chi connectivity index (χ0) is 20.8. The Morgan fingerprint density at radius 3 is 2.45 bits per heavy atom. The van der Waals surface area contributed by atoms with Gasteiger partial charge in [0.15, 0.2) is 0 Å². The lowest BCUT2D eigenvalue weighted by atomic mass is 10.1. The molecule has 0 radical (unpaired) electrons. The smallest absolute Gasteiger partial charge is 0.267 e. The summed E-state index contributed by atoms with van der Waals surface area (Å²) in [5.74, 6) is -0.0152. The van der Waals surface area contributed by atoms with Gasteiger partial charge in [-0.05, 0) is 36.4 Å². The number of nitrogens with zero attached hydrogens (tertiary/aromatic N) is 2. The van der Waals surface area contributed by atoms with Crippen molar-refractivity contribution in [2.75, 3.05) is 17.7 Å². The zero-order valence-electron chi connectivity index (χ0n) is 16.0. The molecule has 148 valence electrons. The summed E-state index contributed by atoms with van der Waals surface area (Å²) in [6.07, 6.45) is 0. The first kappa shape index (κ1) is 19.8. The van der Waals surface area contributed by atoms with Crippen LogP contribution in [0.5, 0.6) is 5.75 Å². The van der Waals surface area contributed by atoms with E-state index in [0.717, 1.165) is 4.68 Å². The summed E-state index contributed by atoms with van der Waals surface area (Å²) < 4.78 is 6.42. The van der Waals surface area contributed by atoms with Gasteiger partial charge in [0, 0.05) is 29.9 Å². The second-order valence-corrected chi connectivity index (χ2v) is 6.22. The van der Waals surface area contributed by atoms with Gasteiger partial charge in [-0.2, -0.15) is 5.10 Å². The van der Waals surface area contributed by atoms with Crippen molar-refractivity contribution >= 4 is 23.2 Å². The first-order chi connectivity index (χ1) is 14.0. The lowest BCUT2D eigenvalue weighted by Gasteiger charge is -2.11.